The molecule has 0 saturated heterocycles. The molecule has 0 unspecified atom stereocenters. The minimum absolute atomic E-state index is 0.289. The molecule has 1 heterocycles. The van der Waals surface area contributed by atoms with Crippen molar-refractivity contribution in [3.8, 4) is 0 Å². The quantitative estimate of drug-likeness (QED) is 0.823. The molecule has 2 heteroatoms. The van der Waals surface area contributed by atoms with Crippen molar-refractivity contribution in [2.45, 2.75) is 77.3 Å². The summed E-state index contributed by atoms with van der Waals surface area (Å²) in [5, 5.41) is 3.79. The number of hydrogen-bond acceptors (Lipinski definition) is 2. The van der Waals surface area contributed by atoms with Gasteiger partial charge in [0, 0.05) is 21.8 Å². The summed E-state index contributed by atoms with van der Waals surface area (Å²) in [4.78, 5) is 2.97. The lowest BCUT2D eigenvalue weighted by Gasteiger charge is -2.34. The second-order valence-corrected chi connectivity index (χ2v) is 8.16. The Morgan fingerprint density at radius 2 is 1.83 bits per heavy atom. The van der Waals surface area contributed by atoms with Crippen molar-refractivity contribution in [3.63, 3.8) is 0 Å². The average Bonchev–Trinajstić information content (AvgIpc) is 2.76. The number of hydrogen-bond donors (Lipinski definition) is 1. The Bertz CT molecular complexity index is 380. The van der Waals surface area contributed by atoms with Gasteiger partial charge in [0.2, 0.25) is 0 Å². The van der Waals surface area contributed by atoms with Crippen molar-refractivity contribution < 1.29 is 0 Å². The van der Waals surface area contributed by atoms with Crippen LogP contribution in [0.2, 0.25) is 0 Å². The van der Waals surface area contributed by atoms with E-state index in [1.807, 2.05) is 11.3 Å². The summed E-state index contributed by atoms with van der Waals surface area (Å²) in [6, 6.07) is 4.59. The zero-order valence-electron chi connectivity index (χ0n) is 12.3. The van der Waals surface area contributed by atoms with E-state index in [1.165, 1.54) is 41.9 Å². The maximum absolute atomic E-state index is 3.79. The molecule has 0 aliphatic heterocycles. The van der Waals surface area contributed by atoms with E-state index in [1.54, 1.807) is 0 Å². The highest BCUT2D eigenvalue weighted by molar-refractivity contribution is 7.12. The van der Waals surface area contributed by atoms with Crippen LogP contribution in [-0.4, -0.2) is 5.54 Å². The monoisotopic (exact) mass is 265 g/mol. The van der Waals surface area contributed by atoms with E-state index in [2.05, 4.69) is 45.1 Å². The molecule has 0 spiro atoms. The summed E-state index contributed by atoms with van der Waals surface area (Å²) in [6.07, 6.45) is 6.88. The molecule has 1 fully saturated rings. The van der Waals surface area contributed by atoms with Crippen LogP contribution in [0.15, 0.2) is 12.1 Å². The average molecular weight is 265 g/mol. The summed E-state index contributed by atoms with van der Waals surface area (Å²) in [5.74, 6) is 0. The Morgan fingerprint density at radius 3 is 2.39 bits per heavy atom. The Morgan fingerprint density at radius 1 is 1.17 bits per heavy atom. The predicted molar refractivity (Wildman–Crippen MR) is 81.3 cm³/mol. The molecule has 102 valence electrons. The molecule has 0 atom stereocenters. The molecule has 2 rings (SSSR count). The molecule has 0 aromatic carbocycles. The maximum atomic E-state index is 3.79. The summed E-state index contributed by atoms with van der Waals surface area (Å²) in [7, 11) is 0. The van der Waals surface area contributed by atoms with Gasteiger partial charge in [0.05, 0.1) is 0 Å². The third-order valence-electron chi connectivity index (χ3n) is 4.05. The van der Waals surface area contributed by atoms with Gasteiger partial charge in [-0.3, -0.25) is 0 Å². The molecular weight excluding hydrogens is 238 g/mol. The van der Waals surface area contributed by atoms with E-state index in [0.717, 1.165) is 6.54 Å². The van der Waals surface area contributed by atoms with Gasteiger partial charge in [0.15, 0.2) is 0 Å². The van der Waals surface area contributed by atoms with E-state index in [0.29, 0.717) is 5.54 Å². The molecule has 0 bridgehead atoms. The van der Waals surface area contributed by atoms with Crippen molar-refractivity contribution in [1.29, 1.82) is 0 Å². The molecule has 0 amide bonds. The van der Waals surface area contributed by atoms with E-state index in [4.69, 9.17) is 0 Å². The van der Waals surface area contributed by atoms with Crippen LogP contribution in [0.5, 0.6) is 0 Å². The second kappa shape index (κ2) is 5.34. The Hall–Kier alpha value is -0.340. The highest BCUT2D eigenvalue weighted by atomic mass is 32.1. The molecule has 0 radical (unpaired) electrons. The van der Waals surface area contributed by atoms with Gasteiger partial charge in [-0.05, 0) is 37.3 Å². The summed E-state index contributed by atoms with van der Waals surface area (Å²) in [5.41, 5.74) is 0.668. The van der Waals surface area contributed by atoms with Gasteiger partial charge < -0.3 is 5.32 Å². The van der Waals surface area contributed by atoms with Gasteiger partial charge in [-0.25, -0.2) is 0 Å². The molecule has 1 nitrogen and oxygen atoms in total. The van der Waals surface area contributed by atoms with Crippen LogP contribution >= 0.6 is 11.3 Å². The molecule has 1 aromatic rings. The van der Waals surface area contributed by atoms with Gasteiger partial charge in [-0.15, -0.1) is 11.3 Å². The van der Waals surface area contributed by atoms with Crippen molar-refractivity contribution in [3.05, 3.63) is 21.9 Å². The Kier molecular flexibility index (Phi) is 4.18. The van der Waals surface area contributed by atoms with E-state index in [9.17, 15) is 0 Å². The normalized spacial score (nSPS) is 20.0. The van der Waals surface area contributed by atoms with Gasteiger partial charge in [-0.2, -0.15) is 0 Å². The highest BCUT2D eigenvalue weighted by Crippen LogP contribution is 2.31. The number of nitrogens with one attached hydrogen (secondary N) is 1. The predicted octanol–water partition coefficient (Wildman–Crippen LogP) is 4.86. The lowest BCUT2D eigenvalue weighted by molar-refractivity contribution is 0.253. The lowest BCUT2D eigenvalue weighted by atomic mass is 9.83. The van der Waals surface area contributed by atoms with Crippen LogP contribution in [0.1, 0.15) is 69.6 Å². The van der Waals surface area contributed by atoms with Crippen molar-refractivity contribution in [1.82, 2.24) is 5.32 Å². The molecule has 1 aliphatic carbocycles. The van der Waals surface area contributed by atoms with Gasteiger partial charge in [0.1, 0.15) is 0 Å². The van der Waals surface area contributed by atoms with Crippen LogP contribution in [0, 0.1) is 0 Å². The van der Waals surface area contributed by atoms with Crippen LogP contribution in [0.3, 0.4) is 0 Å². The van der Waals surface area contributed by atoms with Gasteiger partial charge >= 0.3 is 0 Å². The fourth-order valence-corrected chi connectivity index (χ4v) is 3.69. The minimum atomic E-state index is 0.289. The van der Waals surface area contributed by atoms with Gasteiger partial charge in [0.25, 0.3) is 0 Å². The van der Waals surface area contributed by atoms with E-state index < -0.39 is 0 Å². The van der Waals surface area contributed by atoms with Crippen LogP contribution < -0.4 is 5.32 Å². The Balaban J connectivity index is 1.92. The molecule has 1 aliphatic rings. The van der Waals surface area contributed by atoms with Gasteiger partial charge in [-0.1, -0.05) is 40.0 Å². The first-order valence-electron chi connectivity index (χ1n) is 7.23. The third-order valence-corrected chi connectivity index (χ3v) is 5.56. The lowest BCUT2D eigenvalue weighted by Crippen LogP contribution is -2.43. The number of rotatable bonds is 3. The first-order valence-corrected chi connectivity index (χ1v) is 8.05. The smallest absolute Gasteiger partial charge is 0.0304 e. The zero-order chi connectivity index (χ0) is 13.2. The SMILES string of the molecule is CC1(NCc2ccc(C(C)(C)C)s2)CCCCC1. The highest BCUT2D eigenvalue weighted by Gasteiger charge is 2.26. The molecular formula is C16H27NS. The van der Waals surface area contributed by atoms with E-state index in [-0.39, 0.29) is 5.41 Å². The first kappa shape index (κ1) is 14.1. The van der Waals surface area contributed by atoms with Crippen LogP contribution in [0.25, 0.3) is 0 Å². The summed E-state index contributed by atoms with van der Waals surface area (Å²) in [6.45, 7) is 10.3. The first-order chi connectivity index (χ1) is 8.39. The molecule has 1 aromatic heterocycles. The van der Waals surface area contributed by atoms with Crippen molar-refractivity contribution in [2.24, 2.45) is 0 Å². The minimum Gasteiger partial charge on any atom is -0.307 e. The fourth-order valence-electron chi connectivity index (χ4n) is 2.69. The van der Waals surface area contributed by atoms with Crippen molar-refractivity contribution >= 4 is 11.3 Å². The third kappa shape index (κ3) is 3.58. The summed E-state index contributed by atoms with van der Waals surface area (Å²) >= 11 is 1.96. The number of thiophene rings is 1. The molecule has 1 saturated carbocycles. The largest absolute Gasteiger partial charge is 0.307 e. The fraction of sp³-hybridized carbons (Fsp3) is 0.750. The molecule has 1 N–H and O–H groups in total. The van der Waals surface area contributed by atoms with Crippen molar-refractivity contribution in [2.75, 3.05) is 0 Å². The van der Waals surface area contributed by atoms with Crippen LogP contribution in [0.4, 0.5) is 0 Å². The van der Waals surface area contributed by atoms with E-state index >= 15 is 0 Å². The van der Waals surface area contributed by atoms with Crippen LogP contribution in [-0.2, 0) is 12.0 Å². The Labute approximate surface area is 116 Å². The molecule has 18 heavy (non-hydrogen) atoms. The second-order valence-electron chi connectivity index (χ2n) is 6.99. The summed E-state index contributed by atoms with van der Waals surface area (Å²) < 4.78 is 0. The topological polar surface area (TPSA) is 12.0 Å². The maximum Gasteiger partial charge on any atom is 0.0304 e. The zero-order valence-corrected chi connectivity index (χ0v) is 13.1. The standard InChI is InChI=1S/C16H27NS/c1-15(2,3)14-9-8-13(18-14)12-17-16(4)10-6-5-7-11-16/h8-9,17H,5-7,10-12H2,1-4H3.